The molecule has 0 spiro atoms. The third-order valence-corrected chi connectivity index (χ3v) is 17.4. The second-order valence-electron chi connectivity index (χ2n) is 14.9. The van der Waals surface area contributed by atoms with Gasteiger partial charge < -0.3 is 4.74 Å². The molecule has 8 heteroatoms. The summed E-state index contributed by atoms with van der Waals surface area (Å²) in [4.78, 5) is 10.2. The van der Waals surface area contributed by atoms with Crippen LogP contribution in [0, 0.1) is 0 Å². The number of hydrogen-bond acceptors (Lipinski definition) is 3. The van der Waals surface area contributed by atoms with Crippen molar-refractivity contribution < 1.29 is 4.74 Å². The van der Waals surface area contributed by atoms with Crippen LogP contribution >= 0.6 is 0 Å². The van der Waals surface area contributed by atoms with Gasteiger partial charge in [-0.25, -0.2) is 9.97 Å². The molecular weight excluding hydrogens is 657 g/mol. The minimum absolute atomic E-state index is 0.146. The highest BCUT2D eigenvalue weighted by molar-refractivity contribution is 6.86. The van der Waals surface area contributed by atoms with Crippen LogP contribution < -0.4 is 4.74 Å². The first-order chi connectivity index (χ1) is 25.2. The highest BCUT2D eigenvalue weighted by Gasteiger charge is 2.47. The average Bonchev–Trinajstić information content (AvgIpc) is 3.88. The predicted octanol–water partition coefficient (Wildman–Crippen LogP) is 10.6. The van der Waals surface area contributed by atoms with Crippen molar-refractivity contribution in [1.82, 2.24) is 27.9 Å². The lowest BCUT2D eigenvalue weighted by Gasteiger charge is -2.40. The van der Waals surface area contributed by atoms with Crippen molar-refractivity contribution in [3.63, 3.8) is 0 Å². The zero-order chi connectivity index (χ0) is 35.5. The molecule has 1 aliphatic heterocycles. The molecule has 0 amide bonds. The molecule has 0 radical (unpaired) electrons. The van der Waals surface area contributed by atoms with Crippen molar-refractivity contribution in [3.05, 3.63) is 151 Å². The number of imidazole rings is 4. The largest absolute Gasteiger partial charge is 0.455 e. The number of nitrogens with zero attached hydrogens (tertiary/aromatic N) is 6. The Morgan fingerprint density at radius 3 is 1.88 bits per heavy atom. The molecule has 0 bridgehead atoms. The van der Waals surface area contributed by atoms with Gasteiger partial charge in [0, 0.05) is 11.3 Å². The van der Waals surface area contributed by atoms with E-state index in [-0.39, 0.29) is 5.04 Å². The van der Waals surface area contributed by atoms with E-state index in [1.165, 1.54) is 10.8 Å². The molecule has 0 N–H and O–H groups in total. The van der Waals surface area contributed by atoms with E-state index in [0.29, 0.717) is 0 Å². The minimum Gasteiger partial charge on any atom is -0.455 e. The van der Waals surface area contributed by atoms with Gasteiger partial charge in [0.05, 0.1) is 57.9 Å². The van der Waals surface area contributed by atoms with Gasteiger partial charge in [0.15, 0.2) is 5.75 Å². The van der Waals surface area contributed by atoms with Gasteiger partial charge in [0.1, 0.15) is 5.76 Å². The lowest BCUT2D eigenvalue weighted by Crippen LogP contribution is -2.48. The van der Waals surface area contributed by atoms with E-state index < -0.39 is 8.07 Å². The van der Waals surface area contributed by atoms with Crippen LogP contribution in [0.5, 0.6) is 5.75 Å². The third kappa shape index (κ3) is 4.01. The van der Waals surface area contributed by atoms with Gasteiger partial charge in [0.2, 0.25) is 11.6 Å². The van der Waals surface area contributed by atoms with Gasteiger partial charge in [-0.05, 0) is 83.9 Å². The van der Waals surface area contributed by atoms with Crippen molar-refractivity contribution >= 4 is 69.5 Å². The lowest BCUT2D eigenvalue weighted by molar-refractivity contribution is 0.433. The van der Waals surface area contributed by atoms with Crippen molar-refractivity contribution in [2.24, 2.45) is 0 Å². The maximum Gasteiger partial charge on any atom is 0.220 e. The first-order valence-electron chi connectivity index (χ1n) is 17.8. The number of hydrogen-bond donors (Lipinski definition) is 0. The first-order valence-corrected chi connectivity index (χ1v) is 20.8. The number of benzene rings is 5. The highest BCUT2D eigenvalue weighted by Crippen LogP contribution is 2.49. The van der Waals surface area contributed by atoms with Crippen molar-refractivity contribution in [2.45, 2.75) is 38.9 Å². The SMILES string of the molecule is C=C(/C=C\C1=C(C)[Si](C)(C)C(C)(C)c2cccc(-n3c4ccccc4n4c5ccccc5nc34)c2O1)n1c2ccccc2n2c3ccccc3nc12. The summed E-state index contributed by atoms with van der Waals surface area (Å²) in [7, 11) is -2.16. The fraction of sp³-hybridized carbons (Fsp3) is 0.136. The van der Waals surface area contributed by atoms with E-state index in [9.17, 15) is 0 Å². The topological polar surface area (TPSA) is 53.7 Å². The van der Waals surface area contributed by atoms with Crippen LogP contribution in [0.4, 0.5) is 0 Å². The Labute approximate surface area is 302 Å². The highest BCUT2D eigenvalue weighted by atomic mass is 28.3. The van der Waals surface area contributed by atoms with E-state index >= 15 is 0 Å². The van der Waals surface area contributed by atoms with Gasteiger partial charge in [-0.1, -0.05) is 94.2 Å². The summed E-state index contributed by atoms with van der Waals surface area (Å²) in [6.45, 7) is 16.6. The van der Waals surface area contributed by atoms with E-state index in [4.69, 9.17) is 14.7 Å². The molecule has 5 heterocycles. The zero-order valence-corrected chi connectivity index (χ0v) is 30.9. The van der Waals surface area contributed by atoms with Crippen LogP contribution in [0.15, 0.2) is 145 Å². The molecule has 10 rings (SSSR count). The van der Waals surface area contributed by atoms with Crippen molar-refractivity contribution in [2.75, 3.05) is 0 Å². The third-order valence-electron chi connectivity index (χ3n) is 11.9. The number of allylic oxidation sites excluding steroid dienone is 4. The molecule has 4 aromatic heterocycles. The summed E-state index contributed by atoms with van der Waals surface area (Å²) in [5.41, 5.74) is 11.4. The van der Waals surface area contributed by atoms with Crippen LogP contribution in [0.25, 0.3) is 67.1 Å². The van der Waals surface area contributed by atoms with Crippen molar-refractivity contribution in [1.29, 1.82) is 0 Å². The van der Waals surface area contributed by atoms with E-state index in [1.54, 1.807) is 0 Å². The molecule has 0 atom stereocenters. The smallest absolute Gasteiger partial charge is 0.220 e. The van der Waals surface area contributed by atoms with Gasteiger partial charge in [-0.15, -0.1) is 0 Å². The van der Waals surface area contributed by atoms with Crippen molar-refractivity contribution in [3.8, 4) is 11.4 Å². The molecule has 0 saturated carbocycles. The molecule has 0 saturated heterocycles. The Bertz CT molecular complexity index is 3030. The Morgan fingerprint density at radius 1 is 0.673 bits per heavy atom. The molecule has 0 unspecified atom stereocenters. The number of rotatable bonds is 4. The normalized spacial score (nSPS) is 15.8. The van der Waals surface area contributed by atoms with Crippen LogP contribution in [0.1, 0.15) is 26.3 Å². The minimum atomic E-state index is -2.16. The van der Waals surface area contributed by atoms with Gasteiger partial charge in [-0.3, -0.25) is 17.9 Å². The molecule has 7 nitrogen and oxygen atoms in total. The molecule has 0 aliphatic carbocycles. The fourth-order valence-electron chi connectivity index (χ4n) is 8.23. The van der Waals surface area contributed by atoms with E-state index in [2.05, 4.69) is 174 Å². The molecule has 5 aromatic carbocycles. The summed E-state index contributed by atoms with van der Waals surface area (Å²) < 4.78 is 16.2. The summed E-state index contributed by atoms with van der Waals surface area (Å²) >= 11 is 0. The van der Waals surface area contributed by atoms with E-state index in [1.807, 2.05) is 12.1 Å². The number of aromatic nitrogens is 6. The molecule has 52 heavy (non-hydrogen) atoms. The molecule has 9 aromatic rings. The van der Waals surface area contributed by atoms with E-state index in [0.717, 1.165) is 78.6 Å². The predicted molar refractivity (Wildman–Crippen MR) is 216 cm³/mol. The number of para-hydroxylation sites is 9. The Hall–Kier alpha value is -6.12. The Morgan fingerprint density at radius 2 is 1.21 bits per heavy atom. The standard InChI is InChI=1S/C44H38N6OSi/c1-28(47-35-21-11-12-22-36(35)48-33-19-9-7-17-31(33)45-42(47)48)26-27-40-29(2)52(5,6)44(3,4)30-16-15-25-39(41(30)51-40)50-38-24-14-13-23-37(38)49-34-20-10-8-18-32(34)46-43(49)50/h7-27H,1H2,2-6H3/b27-26-. The average molecular weight is 695 g/mol. The molecular formula is C44H38N6OSi. The van der Waals surface area contributed by atoms with Gasteiger partial charge in [-0.2, -0.15) is 0 Å². The number of ether oxygens (including phenoxy) is 1. The first kappa shape index (κ1) is 30.7. The van der Waals surface area contributed by atoms with Crippen LogP contribution in [0.3, 0.4) is 0 Å². The molecule has 1 aliphatic rings. The summed E-state index contributed by atoms with van der Waals surface area (Å²) in [6, 6.07) is 40.2. The fourth-order valence-corrected chi connectivity index (χ4v) is 10.8. The Kier molecular flexibility index (Phi) is 6.31. The monoisotopic (exact) mass is 694 g/mol. The summed E-state index contributed by atoms with van der Waals surface area (Å²) in [5.74, 6) is 3.42. The summed E-state index contributed by atoms with van der Waals surface area (Å²) in [5, 5.41) is 1.15. The maximum absolute atomic E-state index is 7.26. The van der Waals surface area contributed by atoms with Crippen LogP contribution in [-0.2, 0) is 5.04 Å². The zero-order valence-electron chi connectivity index (χ0n) is 29.9. The van der Waals surface area contributed by atoms with Gasteiger partial charge in [0.25, 0.3) is 0 Å². The maximum atomic E-state index is 7.26. The molecule has 254 valence electrons. The second-order valence-corrected chi connectivity index (χ2v) is 20.2. The Balaban J connectivity index is 1.16. The quantitative estimate of drug-likeness (QED) is 0.136. The van der Waals surface area contributed by atoms with Gasteiger partial charge >= 0.3 is 0 Å². The second kappa shape index (κ2) is 10.7. The summed E-state index contributed by atoms with van der Waals surface area (Å²) in [6.07, 6.45) is 4.20. The van der Waals surface area contributed by atoms with Crippen LogP contribution in [0.2, 0.25) is 13.1 Å². The number of fused-ring (bicyclic) bond motifs is 11. The lowest BCUT2D eigenvalue weighted by atomic mass is 9.99. The van der Waals surface area contributed by atoms with Crippen LogP contribution in [-0.4, -0.2) is 36.0 Å². The molecule has 0 fully saturated rings.